The molecule has 0 heterocycles. The minimum absolute atomic E-state index is 0.131. The van der Waals surface area contributed by atoms with Gasteiger partial charge in [0, 0.05) is 11.8 Å². The van der Waals surface area contributed by atoms with Crippen LogP contribution in [0.25, 0.3) is 0 Å². The van der Waals surface area contributed by atoms with Crippen LogP contribution in [0, 0.1) is 56.7 Å². The first-order valence-electron chi connectivity index (χ1n) is 13.5. The fourth-order valence-corrected chi connectivity index (χ4v) is 11.3. The van der Waals surface area contributed by atoms with Gasteiger partial charge in [0.25, 0.3) is 0 Å². The molecular formula is C30H48O. The third kappa shape index (κ3) is 2.59. The Kier molecular flexibility index (Phi) is 4.66. The van der Waals surface area contributed by atoms with Gasteiger partial charge < -0.3 is 0 Å². The van der Waals surface area contributed by atoms with Crippen molar-refractivity contribution in [3.63, 3.8) is 0 Å². The highest BCUT2D eigenvalue weighted by atomic mass is 16.1. The second-order valence-electron chi connectivity index (χ2n) is 14.5. The van der Waals surface area contributed by atoms with Gasteiger partial charge in [-0.25, -0.2) is 0 Å². The number of carbonyl (C=O) groups is 1. The van der Waals surface area contributed by atoms with E-state index in [1.54, 1.807) is 0 Å². The predicted octanol–water partition coefficient (Wildman–Crippen LogP) is 8.23. The van der Waals surface area contributed by atoms with E-state index in [4.69, 9.17) is 0 Å². The molecule has 0 bridgehead atoms. The third-order valence-corrected chi connectivity index (χ3v) is 13.2. The molecule has 0 aromatic rings. The van der Waals surface area contributed by atoms with Crippen molar-refractivity contribution < 1.29 is 4.79 Å². The molecule has 5 rings (SSSR count). The molecule has 5 aliphatic carbocycles. The summed E-state index contributed by atoms with van der Waals surface area (Å²) in [4.78, 5) is 12.9. The van der Waals surface area contributed by atoms with Crippen molar-refractivity contribution in [3.05, 3.63) is 12.2 Å². The Morgan fingerprint density at radius 1 is 0.806 bits per heavy atom. The Bertz CT molecular complexity index is 807. The second-order valence-corrected chi connectivity index (χ2v) is 14.5. The smallest absolute Gasteiger partial charge is 0.138 e. The van der Waals surface area contributed by atoms with Gasteiger partial charge >= 0.3 is 0 Å². The molecule has 0 saturated heterocycles. The fraction of sp³-hybridized carbons (Fsp3) is 0.900. The van der Waals surface area contributed by atoms with E-state index < -0.39 is 0 Å². The lowest BCUT2D eigenvalue weighted by Gasteiger charge is -2.72. The Labute approximate surface area is 192 Å². The van der Waals surface area contributed by atoms with Crippen LogP contribution in [0.4, 0.5) is 0 Å². The molecule has 0 aromatic carbocycles. The van der Waals surface area contributed by atoms with Crippen LogP contribution >= 0.6 is 0 Å². The fourth-order valence-electron chi connectivity index (χ4n) is 11.3. The standard InChI is InChI=1S/C30H48O/c1-19(2)20-11-14-27(5)17-18-29(7)21(25(20)27)9-10-23-28(6)15-13-24(31)26(3,4)22(28)12-16-30(23,29)8/h20-23,25H,1,9-18H2,2-8H3/t20?,21?,22?,23?,25?,27?,28-,29?,30+/m0/s1. The monoisotopic (exact) mass is 424 g/mol. The van der Waals surface area contributed by atoms with Crippen LogP contribution in [0.2, 0.25) is 0 Å². The first kappa shape index (κ1) is 22.2. The maximum absolute atomic E-state index is 12.9. The van der Waals surface area contributed by atoms with Crippen molar-refractivity contribution in [2.45, 2.75) is 113 Å². The molecule has 0 spiro atoms. The molecule has 0 aliphatic heterocycles. The van der Waals surface area contributed by atoms with Crippen molar-refractivity contribution in [2.75, 3.05) is 0 Å². The van der Waals surface area contributed by atoms with Gasteiger partial charge in [-0.05, 0) is 116 Å². The molecule has 0 aromatic heterocycles. The zero-order valence-electron chi connectivity index (χ0n) is 21.6. The normalized spacial score (nSPS) is 55.6. The first-order chi connectivity index (χ1) is 14.3. The van der Waals surface area contributed by atoms with E-state index in [1.807, 2.05) is 0 Å². The SMILES string of the molecule is C=C(C)C1CCC2(C)CCC3(C)C(CCC4[C@@]5(C)CCC(=O)C(C)(C)C5CC[C@]43C)C12. The summed E-state index contributed by atoms with van der Waals surface area (Å²) in [6.45, 7) is 22.0. The van der Waals surface area contributed by atoms with E-state index in [2.05, 4.69) is 55.0 Å². The molecule has 174 valence electrons. The van der Waals surface area contributed by atoms with Crippen molar-refractivity contribution >= 4 is 5.78 Å². The average molecular weight is 425 g/mol. The second kappa shape index (κ2) is 6.50. The quantitative estimate of drug-likeness (QED) is 0.387. The zero-order chi connectivity index (χ0) is 22.6. The van der Waals surface area contributed by atoms with Gasteiger partial charge in [0.15, 0.2) is 0 Å². The molecule has 5 saturated carbocycles. The number of Topliss-reactive ketones (excluding diaryl/α,β-unsaturated/α-hetero) is 1. The maximum atomic E-state index is 12.9. The van der Waals surface area contributed by atoms with E-state index in [9.17, 15) is 4.79 Å². The summed E-state index contributed by atoms with van der Waals surface area (Å²) in [5.74, 6) is 4.33. The summed E-state index contributed by atoms with van der Waals surface area (Å²) in [5.41, 5.74) is 3.06. The first-order valence-corrected chi connectivity index (χ1v) is 13.5. The van der Waals surface area contributed by atoms with Crippen LogP contribution in [-0.4, -0.2) is 5.78 Å². The van der Waals surface area contributed by atoms with E-state index >= 15 is 0 Å². The highest BCUT2D eigenvalue weighted by Gasteiger charge is 2.70. The van der Waals surface area contributed by atoms with Crippen molar-refractivity contribution in [3.8, 4) is 0 Å². The summed E-state index contributed by atoms with van der Waals surface area (Å²) < 4.78 is 0. The minimum atomic E-state index is -0.131. The Balaban J connectivity index is 1.55. The Hall–Kier alpha value is -0.590. The average Bonchev–Trinajstić information content (AvgIpc) is 3.04. The lowest BCUT2D eigenvalue weighted by atomic mass is 9.32. The van der Waals surface area contributed by atoms with Gasteiger partial charge in [0.05, 0.1) is 0 Å². The molecule has 5 aliphatic rings. The summed E-state index contributed by atoms with van der Waals surface area (Å²) in [7, 11) is 0. The number of hydrogen-bond donors (Lipinski definition) is 0. The van der Waals surface area contributed by atoms with Crippen LogP contribution in [0.15, 0.2) is 12.2 Å². The third-order valence-electron chi connectivity index (χ3n) is 13.2. The number of ketones is 1. The van der Waals surface area contributed by atoms with Crippen molar-refractivity contribution in [1.82, 2.24) is 0 Å². The largest absolute Gasteiger partial charge is 0.299 e. The van der Waals surface area contributed by atoms with Crippen LogP contribution in [0.3, 0.4) is 0 Å². The number of allylic oxidation sites excluding steroid dienone is 1. The number of hydrogen-bond acceptors (Lipinski definition) is 1. The van der Waals surface area contributed by atoms with E-state index in [0.717, 1.165) is 36.5 Å². The van der Waals surface area contributed by atoms with Crippen LogP contribution in [0.1, 0.15) is 113 Å². The van der Waals surface area contributed by atoms with E-state index in [1.165, 1.54) is 56.9 Å². The molecule has 0 radical (unpaired) electrons. The molecule has 31 heavy (non-hydrogen) atoms. The van der Waals surface area contributed by atoms with Gasteiger partial charge in [0.1, 0.15) is 5.78 Å². The molecule has 5 fully saturated rings. The number of carbonyl (C=O) groups excluding carboxylic acids is 1. The van der Waals surface area contributed by atoms with E-state index in [0.29, 0.717) is 33.4 Å². The molecule has 1 nitrogen and oxygen atoms in total. The number of rotatable bonds is 1. The Morgan fingerprint density at radius 2 is 1.52 bits per heavy atom. The topological polar surface area (TPSA) is 17.1 Å². The predicted molar refractivity (Wildman–Crippen MR) is 130 cm³/mol. The number of fused-ring (bicyclic) bond motifs is 7. The van der Waals surface area contributed by atoms with Crippen LogP contribution in [0.5, 0.6) is 0 Å². The van der Waals surface area contributed by atoms with Crippen LogP contribution < -0.4 is 0 Å². The lowest BCUT2D eigenvalue weighted by Crippen LogP contribution is -2.66. The van der Waals surface area contributed by atoms with Gasteiger partial charge in [-0.15, -0.1) is 0 Å². The molecule has 0 N–H and O–H groups in total. The van der Waals surface area contributed by atoms with Gasteiger partial charge in [-0.2, -0.15) is 0 Å². The molecule has 0 amide bonds. The van der Waals surface area contributed by atoms with E-state index in [-0.39, 0.29) is 5.41 Å². The highest BCUT2D eigenvalue weighted by Crippen LogP contribution is 2.77. The summed E-state index contributed by atoms with van der Waals surface area (Å²) in [6.07, 6.45) is 13.0. The summed E-state index contributed by atoms with van der Waals surface area (Å²) >= 11 is 0. The van der Waals surface area contributed by atoms with Gasteiger partial charge in [-0.3, -0.25) is 4.79 Å². The maximum Gasteiger partial charge on any atom is 0.138 e. The van der Waals surface area contributed by atoms with Crippen LogP contribution in [-0.2, 0) is 4.79 Å². The molecule has 1 heteroatoms. The zero-order valence-corrected chi connectivity index (χ0v) is 21.6. The summed E-state index contributed by atoms with van der Waals surface area (Å²) in [6, 6.07) is 0. The minimum Gasteiger partial charge on any atom is -0.299 e. The highest BCUT2D eigenvalue weighted by molar-refractivity contribution is 5.85. The summed E-state index contributed by atoms with van der Waals surface area (Å²) in [5, 5.41) is 0. The molecule has 7 unspecified atom stereocenters. The van der Waals surface area contributed by atoms with Crippen molar-refractivity contribution in [1.29, 1.82) is 0 Å². The Morgan fingerprint density at radius 3 is 2.19 bits per heavy atom. The van der Waals surface area contributed by atoms with Gasteiger partial charge in [-0.1, -0.05) is 53.7 Å². The molecule has 9 atom stereocenters. The van der Waals surface area contributed by atoms with Gasteiger partial charge in [0.2, 0.25) is 0 Å². The lowest BCUT2D eigenvalue weighted by molar-refractivity contribution is -0.232. The molecular weight excluding hydrogens is 376 g/mol. The van der Waals surface area contributed by atoms with Crippen molar-refractivity contribution in [2.24, 2.45) is 56.7 Å².